The minimum atomic E-state index is 0.229. The average Bonchev–Trinajstić information content (AvgIpc) is 2.26. The van der Waals surface area contributed by atoms with Gasteiger partial charge in [-0.1, -0.05) is 54.4 Å². The van der Waals surface area contributed by atoms with Crippen LogP contribution in [0.25, 0.3) is 0 Å². The van der Waals surface area contributed by atoms with Crippen LogP contribution in [0.15, 0.2) is 28.7 Å². The van der Waals surface area contributed by atoms with Gasteiger partial charge >= 0.3 is 0 Å². The molecule has 0 spiro atoms. The molecular weight excluding hydrogens is 252 g/mol. The molecule has 0 bridgehead atoms. The Labute approximate surface area is 101 Å². The van der Waals surface area contributed by atoms with Crippen molar-refractivity contribution in [3.63, 3.8) is 0 Å². The fourth-order valence-corrected chi connectivity index (χ4v) is 2.37. The Morgan fingerprint density at radius 1 is 1.33 bits per heavy atom. The molecular formula is C13H19BrO. The Hall–Kier alpha value is -0.340. The van der Waals surface area contributed by atoms with E-state index in [0.29, 0.717) is 5.92 Å². The maximum atomic E-state index is 9.43. The molecule has 0 saturated carbocycles. The van der Waals surface area contributed by atoms with E-state index in [4.69, 9.17) is 0 Å². The molecule has 84 valence electrons. The molecule has 0 aliphatic rings. The Morgan fingerprint density at radius 2 is 2.00 bits per heavy atom. The molecule has 2 atom stereocenters. The van der Waals surface area contributed by atoms with Crippen LogP contribution < -0.4 is 0 Å². The second-order valence-electron chi connectivity index (χ2n) is 4.15. The lowest BCUT2D eigenvalue weighted by Gasteiger charge is -2.19. The summed E-state index contributed by atoms with van der Waals surface area (Å²) in [6.07, 6.45) is 2.22. The number of aliphatic hydroxyl groups excluding tert-OH is 1. The normalized spacial score (nSPS) is 14.9. The van der Waals surface area contributed by atoms with Crippen molar-refractivity contribution in [2.24, 2.45) is 5.92 Å². The number of rotatable bonds is 5. The second kappa shape index (κ2) is 6.29. The first-order valence-electron chi connectivity index (χ1n) is 5.54. The zero-order chi connectivity index (χ0) is 11.3. The van der Waals surface area contributed by atoms with Gasteiger partial charge in [-0.25, -0.2) is 0 Å². The summed E-state index contributed by atoms with van der Waals surface area (Å²) >= 11 is 3.54. The van der Waals surface area contributed by atoms with Gasteiger partial charge in [0.15, 0.2) is 0 Å². The molecule has 0 aliphatic carbocycles. The quantitative estimate of drug-likeness (QED) is 0.859. The van der Waals surface area contributed by atoms with E-state index >= 15 is 0 Å². The van der Waals surface area contributed by atoms with Gasteiger partial charge in [0.2, 0.25) is 0 Å². The van der Waals surface area contributed by atoms with Crippen LogP contribution >= 0.6 is 15.9 Å². The summed E-state index contributed by atoms with van der Waals surface area (Å²) in [6, 6.07) is 8.16. The van der Waals surface area contributed by atoms with Gasteiger partial charge in [-0.3, -0.25) is 0 Å². The number of benzene rings is 1. The molecule has 15 heavy (non-hydrogen) atoms. The predicted octanol–water partition coefficient (Wildman–Crippen LogP) is 3.96. The van der Waals surface area contributed by atoms with E-state index in [1.165, 1.54) is 12.0 Å². The Bertz CT molecular complexity index is 298. The molecule has 1 aromatic rings. The van der Waals surface area contributed by atoms with E-state index in [2.05, 4.69) is 35.8 Å². The molecule has 0 fully saturated rings. The van der Waals surface area contributed by atoms with Crippen LogP contribution in [-0.2, 0) is 0 Å². The third kappa shape index (κ3) is 3.62. The molecule has 2 unspecified atom stereocenters. The first-order valence-corrected chi connectivity index (χ1v) is 6.33. The van der Waals surface area contributed by atoms with Gasteiger partial charge in [-0.05, 0) is 24.0 Å². The van der Waals surface area contributed by atoms with Crippen molar-refractivity contribution in [1.29, 1.82) is 0 Å². The molecule has 2 heteroatoms. The average molecular weight is 271 g/mol. The van der Waals surface area contributed by atoms with Crippen LogP contribution in [0.2, 0.25) is 0 Å². The van der Waals surface area contributed by atoms with Crippen molar-refractivity contribution in [2.45, 2.75) is 32.6 Å². The maximum absolute atomic E-state index is 9.43. The highest BCUT2D eigenvalue weighted by atomic mass is 79.9. The van der Waals surface area contributed by atoms with E-state index < -0.39 is 0 Å². The standard InChI is InChI=1S/C13H19BrO/c1-3-10(2)8-11(9-15)12-6-4-5-7-13(12)14/h4-7,10-11,15H,3,8-9H2,1-2H3. The fraction of sp³-hybridized carbons (Fsp3) is 0.538. The van der Waals surface area contributed by atoms with E-state index in [-0.39, 0.29) is 12.5 Å². The number of hydrogen-bond donors (Lipinski definition) is 1. The summed E-state index contributed by atoms with van der Waals surface area (Å²) in [7, 11) is 0. The van der Waals surface area contributed by atoms with Crippen molar-refractivity contribution in [3.05, 3.63) is 34.3 Å². The maximum Gasteiger partial charge on any atom is 0.0500 e. The summed E-state index contributed by atoms with van der Waals surface area (Å²) in [5, 5.41) is 9.43. The highest BCUT2D eigenvalue weighted by molar-refractivity contribution is 9.10. The predicted molar refractivity (Wildman–Crippen MR) is 68.0 cm³/mol. The van der Waals surface area contributed by atoms with Gasteiger partial charge in [-0.2, -0.15) is 0 Å². The molecule has 1 rings (SSSR count). The summed E-state index contributed by atoms with van der Waals surface area (Å²) < 4.78 is 1.10. The third-order valence-electron chi connectivity index (χ3n) is 2.95. The summed E-state index contributed by atoms with van der Waals surface area (Å²) in [6.45, 7) is 4.66. The van der Waals surface area contributed by atoms with Crippen LogP contribution in [0.5, 0.6) is 0 Å². The van der Waals surface area contributed by atoms with Crippen LogP contribution in [0.4, 0.5) is 0 Å². The van der Waals surface area contributed by atoms with E-state index in [1.807, 2.05) is 18.2 Å². The van der Waals surface area contributed by atoms with E-state index in [9.17, 15) is 5.11 Å². The highest BCUT2D eigenvalue weighted by Crippen LogP contribution is 2.30. The van der Waals surface area contributed by atoms with Crippen molar-refractivity contribution in [1.82, 2.24) is 0 Å². The lowest BCUT2D eigenvalue weighted by Crippen LogP contribution is -2.09. The van der Waals surface area contributed by atoms with Gasteiger partial charge in [0, 0.05) is 17.0 Å². The van der Waals surface area contributed by atoms with Crippen LogP contribution in [0.3, 0.4) is 0 Å². The Balaban J connectivity index is 2.78. The highest BCUT2D eigenvalue weighted by Gasteiger charge is 2.15. The van der Waals surface area contributed by atoms with Gasteiger partial charge in [0.05, 0.1) is 0 Å². The molecule has 1 N–H and O–H groups in total. The number of halogens is 1. The zero-order valence-electron chi connectivity index (χ0n) is 9.41. The van der Waals surface area contributed by atoms with Crippen LogP contribution in [0, 0.1) is 5.92 Å². The summed E-state index contributed by atoms with van der Waals surface area (Å²) in [5.74, 6) is 0.921. The monoisotopic (exact) mass is 270 g/mol. The molecule has 1 aromatic carbocycles. The summed E-state index contributed by atoms with van der Waals surface area (Å²) in [4.78, 5) is 0. The van der Waals surface area contributed by atoms with Crippen molar-refractivity contribution in [2.75, 3.05) is 6.61 Å². The molecule has 0 aliphatic heterocycles. The molecule has 1 nitrogen and oxygen atoms in total. The van der Waals surface area contributed by atoms with Gasteiger partial charge in [0.25, 0.3) is 0 Å². The van der Waals surface area contributed by atoms with Gasteiger partial charge < -0.3 is 5.11 Å². The van der Waals surface area contributed by atoms with E-state index in [0.717, 1.165) is 10.9 Å². The Morgan fingerprint density at radius 3 is 2.53 bits per heavy atom. The van der Waals surface area contributed by atoms with Crippen molar-refractivity contribution in [3.8, 4) is 0 Å². The largest absolute Gasteiger partial charge is 0.396 e. The minimum Gasteiger partial charge on any atom is -0.396 e. The second-order valence-corrected chi connectivity index (χ2v) is 5.00. The first kappa shape index (κ1) is 12.7. The lowest BCUT2D eigenvalue weighted by atomic mass is 9.89. The van der Waals surface area contributed by atoms with Crippen molar-refractivity contribution >= 4 is 15.9 Å². The number of hydrogen-bond acceptors (Lipinski definition) is 1. The molecule has 0 amide bonds. The molecule has 0 saturated heterocycles. The molecule has 0 aromatic heterocycles. The van der Waals surface area contributed by atoms with Crippen LogP contribution in [0.1, 0.15) is 38.2 Å². The molecule has 0 radical (unpaired) electrons. The van der Waals surface area contributed by atoms with Gasteiger partial charge in [-0.15, -0.1) is 0 Å². The van der Waals surface area contributed by atoms with Gasteiger partial charge in [0.1, 0.15) is 0 Å². The SMILES string of the molecule is CCC(C)CC(CO)c1ccccc1Br. The minimum absolute atomic E-state index is 0.229. The Kier molecular flexibility index (Phi) is 5.34. The first-order chi connectivity index (χ1) is 7.19. The summed E-state index contributed by atoms with van der Waals surface area (Å²) in [5.41, 5.74) is 1.22. The van der Waals surface area contributed by atoms with E-state index in [1.54, 1.807) is 0 Å². The fourth-order valence-electron chi connectivity index (χ4n) is 1.76. The smallest absolute Gasteiger partial charge is 0.0500 e. The van der Waals surface area contributed by atoms with Crippen molar-refractivity contribution < 1.29 is 5.11 Å². The third-order valence-corrected chi connectivity index (χ3v) is 3.67. The topological polar surface area (TPSA) is 20.2 Å². The lowest BCUT2D eigenvalue weighted by molar-refractivity contribution is 0.244. The van der Waals surface area contributed by atoms with Crippen LogP contribution in [-0.4, -0.2) is 11.7 Å². The zero-order valence-corrected chi connectivity index (χ0v) is 11.0. The number of aliphatic hydroxyl groups is 1. The molecule has 0 heterocycles.